The van der Waals surface area contributed by atoms with Gasteiger partial charge in [0.05, 0.1) is 5.56 Å². The highest BCUT2D eigenvalue weighted by atomic mass is 16.5. The lowest BCUT2D eigenvalue weighted by atomic mass is 10.2. The molecule has 1 heterocycles. The third-order valence-electron chi connectivity index (χ3n) is 2.46. The van der Waals surface area contributed by atoms with Gasteiger partial charge in [0, 0.05) is 11.9 Å². The van der Waals surface area contributed by atoms with Crippen LogP contribution in [0, 0.1) is 22.7 Å². The van der Waals surface area contributed by atoms with E-state index in [9.17, 15) is 0 Å². The summed E-state index contributed by atoms with van der Waals surface area (Å²) in [5, 5.41) is 17.7. The highest BCUT2D eigenvalue weighted by molar-refractivity contribution is 5.53. The standard InChI is InChI=1S/C14H10N4O/c15-7-11-6-12(17)1-2-14(11)19-9-10-3-4-18-13(5-10)8-16/h1-6H,9,17H2. The predicted octanol–water partition coefficient (Wildman–Crippen LogP) is 1.99. The van der Waals surface area contributed by atoms with E-state index in [0.29, 0.717) is 22.7 Å². The molecule has 0 spiro atoms. The number of pyridine rings is 1. The Hall–Kier alpha value is -3.05. The van der Waals surface area contributed by atoms with Gasteiger partial charge < -0.3 is 10.5 Å². The Morgan fingerprint density at radius 3 is 2.74 bits per heavy atom. The van der Waals surface area contributed by atoms with Crippen molar-refractivity contribution in [2.45, 2.75) is 6.61 Å². The van der Waals surface area contributed by atoms with Gasteiger partial charge in [-0.25, -0.2) is 4.98 Å². The maximum atomic E-state index is 8.98. The van der Waals surface area contributed by atoms with Crippen LogP contribution < -0.4 is 10.5 Å². The number of nitrogen functional groups attached to an aromatic ring is 1. The molecule has 0 aliphatic heterocycles. The summed E-state index contributed by atoms with van der Waals surface area (Å²) in [5.74, 6) is 0.465. The lowest BCUT2D eigenvalue weighted by molar-refractivity contribution is 0.305. The molecule has 1 aromatic carbocycles. The summed E-state index contributed by atoms with van der Waals surface area (Å²) in [6.07, 6.45) is 1.55. The maximum absolute atomic E-state index is 8.98. The van der Waals surface area contributed by atoms with E-state index in [4.69, 9.17) is 21.0 Å². The van der Waals surface area contributed by atoms with Gasteiger partial charge in [-0.05, 0) is 35.9 Å². The van der Waals surface area contributed by atoms with E-state index in [1.807, 2.05) is 12.1 Å². The molecule has 2 N–H and O–H groups in total. The van der Waals surface area contributed by atoms with Crippen molar-refractivity contribution in [1.29, 1.82) is 10.5 Å². The molecular weight excluding hydrogens is 240 g/mol. The SMILES string of the molecule is N#Cc1cc(COc2ccc(N)cc2C#N)ccn1. The molecule has 0 aliphatic carbocycles. The van der Waals surface area contributed by atoms with Crippen LogP contribution in [0.5, 0.6) is 5.75 Å². The molecule has 2 rings (SSSR count). The van der Waals surface area contributed by atoms with Gasteiger partial charge in [-0.1, -0.05) is 0 Å². The van der Waals surface area contributed by atoms with Gasteiger partial charge >= 0.3 is 0 Å². The minimum atomic E-state index is 0.260. The van der Waals surface area contributed by atoms with Crippen LogP contribution in [0.4, 0.5) is 5.69 Å². The number of nitrogens with zero attached hydrogens (tertiary/aromatic N) is 3. The van der Waals surface area contributed by atoms with E-state index in [-0.39, 0.29) is 6.61 Å². The molecule has 0 saturated heterocycles. The molecule has 0 radical (unpaired) electrons. The summed E-state index contributed by atoms with van der Waals surface area (Å²) in [6, 6.07) is 12.3. The van der Waals surface area contributed by atoms with E-state index in [0.717, 1.165) is 5.56 Å². The average Bonchev–Trinajstić information content (AvgIpc) is 2.46. The zero-order valence-corrected chi connectivity index (χ0v) is 10.00. The normalized spacial score (nSPS) is 9.37. The Balaban J connectivity index is 2.15. The van der Waals surface area contributed by atoms with Crippen molar-refractivity contribution >= 4 is 5.69 Å². The molecule has 1 aromatic heterocycles. The zero-order chi connectivity index (χ0) is 13.7. The van der Waals surface area contributed by atoms with Gasteiger partial charge in [0.1, 0.15) is 30.2 Å². The molecule has 0 saturated carbocycles. The van der Waals surface area contributed by atoms with Crippen molar-refractivity contribution in [3.63, 3.8) is 0 Å². The van der Waals surface area contributed by atoms with Gasteiger partial charge in [-0.15, -0.1) is 0 Å². The van der Waals surface area contributed by atoms with Crippen molar-refractivity contribution in [3.05, 3.63) is 53.3 Å². The minimum Gasteiger partial charge on any atom is -0.488 e. The lowest BCUT2D eigenvalue weighted by Gasteiger charge is -2.08. The van der Waals surface area contributed by atoms with E-state index in [1.165, 1.54) is 0 Å². The molecule has 92 valence electrons. The summed E-state index contributed by atoms with van der Waals surface area (Å²) >= 11 is 0. The summed E-state index contributed by atoms with van der Waals surface area (Å²) < 4.78 is 5.55. The number of nitrogens with two attached hydrogens (primary N) is 1. The first-order chi connectivity index (χ1) is 9.22. The smallest absolute Gasteiger partial charge is 0.140 e. The van der Waals surface area contributed by atoms with Crippen LogP contribution in [0.3, 0.4) is 0 Å². The first-order valence-electron chi connectivity index (χ1n) is 5.50. The molecule has 5 heteroatoms. The highest BCUT2D eigenvalue weighted by Gasteiger charge is 2.04. The first kappa shape index (κ1) is 12.4. The quantitative estimate of drug-likeness (QED) is 0.840. The fourth-order valence-electron chi connectivity index (χ4n) is 1.55. The van der Waals surface area contributed by atoms with Crippen molar-refractivity contribution < 1.29 is 4.74 Å². The summed E-state index contributed by atoms with van der Waals surface area (Å²) in [6.45, 7) is 0.260. The largest absolute Gasteiger partial charge is 0.488 e. The van der Waals surface area contributed by atoms with E-state index in [2.05, 4.69) is 4.98 Å². The number of benzene rings is 1. The van der Waals surface area contributed by atoms with Crippen LogP contribution >= 0.6 is 0 Å². The average molecular weight is 250 g/mol. The molecule has 19 heavy (non-hydrogen) atoms. The van der Waals surface area contributed by atoms with Gasteiger partial charge in [0.25, 0.3) is 0 Å². The molecule has 0 bridgehead atoms. The maximum Gasteiger partial charge on any atom is 0.140 e. The predicted molar refractivity (Wildman–Crippen MR) is 68.9 cm³/mol. The Kier molecular flexibility index (Phi) is 3.61. The van der Waals surface area contributed by atoms with Crippen molar-refractivity contribution in [2.24, 2.45) is 0 Å². The van der Waals surface area contributed by atoms with E-state index >= 15 is 0 Å². The minimum absolute atomic E-state index is 0.260. The molecule has 0 fully saturated rings. The van der Waals surface area contributed by atoms with Crippen molar-refractivity contribution in [3.8, 4) is 17.9 Å². The number of nitriles is 2. The summed E-state index contributed by atoms with van der Waals surface area (Å²) in [5.41, 5.74) is 7.64. The molecule has 5 nitrogen and oxygen atoms in total. The van der Waals surface area contributed by atoms with Crippen molar-refractivity contribution in [1.82, 2.24) is 4.98 Å². The Morgan fingerprint density at radius 2 is 2.00 bits per heavy atom. The third kappa shape index (κ3) is 2.99. The van der Waals surface area contributed by atoms with Crippen molar-refractivity contribution in [2.75, 3.05) is 5.73 Å². The zero-order valence-electron chi connectivity index (χ0n) is 10.00. The molecule has 0 amide bonds. The van der Waals surface area contributed by atoms with E-state index < -0.39 is 0 Å². The fourth-order valence-corrected chi connectivity index (χ4v) is 1.55. The lowest BCUT2D eigenvalue weighted by Crippen LogP contribution is -1.99. The number of rotatable bonds is 3. The number of ether oxygens (including phenoxy) is 1. The molecule has 0 atom stereocenters. The number of aromatic nitrogens is 1. The first-order valence-corrected chi connectivity index (χ1v) is 5.50. The second-order valence-corrected chi connectivity index (χ2v) is 3.82. The second kappa shape index (κ2) is 5.52. The number of hydrogen-bond donors (Lipinski definition) is 1. The van der Waals surface area contributed by atoms with Crippen LogP contribution in [0.15, 0.2) is 36.5 Å². The molecule has 0 unspecified atom stereocenters. The van der Waals surface area contributed by atoms with Gasteiger partial charge in [0.15, 0.2) is 0 Å². The van der Waals surface area contributed by atoms with E-state index in [1.54, 1.807) is 36.5 Å². The Bertz CT molecular complexity index is 683. The molecule has 2 aromatic rings. The second-order valence-electron chi connectivity index (χ2n) is 3.82. The van der Waals surface area contributed by atoms with Crippen LogP contribution in [-0.2, 0) is 6.61 Å². The van der Waals surface area contributed by atoms with Crippen LogP contribution in [-0.4, -0.2) is 4.98 Å². The summed E-state index contributed by atoms with van der Waals surface area (Å²) in [4.78, 5) is 3.87. The Labute approximate surface area is 110 Å². The number of hydrogen-bond acceptors (Lipinski definition) is 5. The monoisotopic (exact) mass is 250 g/mol. The highest BCUT2D eigenvalue weighted by Crippen LogP contribution is 2.21. The third-order valence-corrected chi connectivity index (χ3v) is 2.46. The Morgan fingerprint density at radius 1 is 1.16 bits per heavy atom. The molecular formula is C14H10N4O. The fraction of sp³-hybridized carbons (Fsp3) is 0.0714. The molecule has 0 aliphatic rings. The van der Waals surface area contributed by atoms with Crippen LogP contribution in [0.2, 0.25) is 0 Å². The summed E-state index contributed by atoms with van der Waals surface area (Å²) in [7, 11) is 0. The van der Waals surface area contributed by atoms with Crippen LogP contribution in [0.1, 0.15) is 16.8 Å². The number of anilines is 1. The topological polar surface area (TPSA) is 95.7 Å². The van der Waals surface area contributed by atoms with Gasteiger partial charge in [0.2, 0.25) is 0 Å². The van der Waals surface area contributed by atoms with Gasteiger partial charge in [-0.2, -0.15) is 10.5 Å². The van der Waals surface area contributed by atoms with Crippen LogP contribution in [0.25, 0.3) is 0 Å². The van der Waals surface area contributed by atoms with Gasteiger partial charge in [-0.3, -0.25) is 0 Å².